The van der Waals surface area contributed by atoms with Gasteiger partial charge >= 0.3 is 0 Å². The Morgan fingerprint density at radius 1 is 0.444 bits per heavy atom. The van der Waals surface area contributed by atoms with Crippen molar-refractivity contribution in [2.75, 3.05) is 4.90 Å². The number of para-hydroxylation sites is 3. The van der Waals surface area contributed by atoms with Crippen molar-refractivity contribution in [1.29, 1.82) is 0 Å². The molecule has 8 aromatic carbocycles. The van der Waals surface area contributed by atoms with Gasteiger partial charge in [-0.3, -0.25) is 0 Å². The van der Waals surface area contributed by atoms with Crippen molar-refractivity contribution >= 4 is 82.5 Å². The molecule has 0 aliphatic rings. The van der Waals surface area contributed by atoms with E-state index in [1.807, 2.05) is 18.2 Å². The molecule has 0 amide bonds. The van der Waals surface area contributed by atoms with Gasteiger partial charge in [0.1, 0.15) is 27.3 Å². The third-order valence-electron chi connectivity index (χ3n) is 10.3. The lowest BCUT2D eigenvalue weighted by Gasteiger charge is -2.28. The van der Waals surface area contributed by atoms with Gasteiger partial charge in [0.25, 0.3) is 0 Å². The van der Waals surface area contributed by atoms with Crippen LogP contribution in [0.5, 0.6) is 0 Å². The van der Waals surface area contributed by atoms with Gasteiger partial charge < -0.3 is 13.7 Å². The van der Waals surface area contributed by atoms with Crippen LogP contribution in [-0.4, -0.2) is 4.98 Å². The maximum Gasteiger partial charge on any atom is 0.143 e. The summed E-state index contributed by atoms with van der Waals surface area (Å²) in [4.78, 5) is 7.46. The molecule has 0 aliphatic carbocycles. The Hall–Kier alpha value is -6.95. The predicted octanol–water partition coefficient (Wildman–Crippen LogP) is 14.6. The Labute approximate surface area is 314 Å². The van der Waals surface area contributed by atoms with E-state index in [9.17, 15) is 0 Å². The zero-order chi connectivity index (χ0) is 35.6. The minimum absolute atomic E-state index is 0.819. The molecule has 5 heteroatoms. The van der Waals surface area contributed by atoms with Gasteiger partial charge in [0, 0.05) is 50.3 Å². The normalized spacial score (nSPS) is 11.7. The van der Waals surface area contributed by atoms with Crippen molar-refractivity contribution in [2.45, 2.75) is 0 Å². The summed E-state index contributed by atoms with van der Waals surface area (Å²) in [6.45, 7) is 0. The summed E-state index contributed by atoms with van der Waals surface area (Å²) in [5.74, 6) is 0. The molecule has 254 valence electrons. The molecule has 4 nitrogen and oxygen atoms in total. The molecule has 0 spiro atoms. The highest BCUT2D eigenvalue weighted by Gasteiger charge is 2.21. The van der Waals surface area contributed by atoms with Gasteiger partial charge in [-0.1, -0.05) is 127 Å². The highest BCUT2D eigenvalue weighted by atomic mass is 32.1. The van der Waals surface area contributed by atoms with Crippen LogP contribution < -0.4 is 4.90 Å². The van der Waals surface area contributed by atoms with E-state index in [-0.39, 0.29) is 0 Å². The zero-order valence-corrected chi connectivity index (χ0v) is 29.8. The van der Waals surface area contributed by atoms with Crippen LogP contribution in [0.25, 0.3) is 86.9 Å². The zero-order valence-electron chi connectivity index (χ0n) is 28.9. The van der Waals surface area contributed by atoms with Gasteiger partial charge in [-0.15, -0.1) is 11.3 Å². The number of hydrogen-bond acceptors (Lipinski definition) is 5. The first-order valence-corrected chi connectivity index (χ1v) is 18.8. The van der Waals surface area contributed by atoms with Crippen LogP contribution in [0.15, 0.2) is 191 Å². The maximum atomic E-state index is 6.62. The summed E-state index contributed by atoms with van der Waals surface area (Å²) in [5, 5.41) is 5.36. The van der Waals surface area contributed by atoms with Crippen LogP contribution in [0.3, 0.4) is 0 Å². The monoisotopic (exact) mass is 710 g/mol. The molecule has 0 fully saturated rings. The Kier molecular flexibility index (Phi) is 7.00. The number of rotatable bonds is 6. The van der Waals surface area contributed by atoms with E-state index in [1.54, 1.807) is 11.3 Å². The predicted molar refractivity (Wildman–Crippen MR) is 225 cm³/mol. The summed E-state index contributed by atoms with van der Waals surface area (Å²) in [6, 6.07) is 63.7. The molecule has 3 heterocycles. The minimum Gasteiger partial charge on any atom is -0.456 e. The Balaban J connectivity index is 1.07. The molecule has 54 heavy (non-hydrogen) atoms. The smallest absolute Gasteiger partial charge is 0.143 e. The van der Waals surface area contributed by atoms with E-state index in [2.05, 4.69) is 169 Å². The average Bonchev–Trinajstić information content (AvgIpc) is 3.95. The second-order valence-corrected chi connectivity index (χ2v) is 14.5. The van der Waals surface area contributed by atoms with E-state index < -0.39 is 0 Å². The molecule has 0 unspecified atom stereocenters. The van der Waals surface area contributed by atoms with Crippen molar-refractivity contribution < 1.29 is 8.83 Å². The van der Waals surface area contributed by atoms with Gasteiger partial charge in [-0.05, 0) is 59.7 Å². The number of benzene rings is 8. The van der Waals surface area contributed by atoms with Crippen LogP contribution in [0, 0.1) is 0 Å². The van der Waals surface area contributed by atoms with E-state index >= 15 is 0 Å². The number of fused-ring (bicyclic) bond motifs is 8. The standard InChI is InChI=1S/C49H30N2O2S/c1-3-12-31(13-4-1)36-16-7-9-20-41(36)51(34-24-22-32(23-25-34)37-18-11-19-39-38-17-8-10-21-42(38)53-48(37)39)35-26-27-40-44(30-35)52-43-28-29-45-47(46(40)43)50-49(54-45)33-14-5-2-6-15-33/h1-30H. The van der Waals surface area contributed by atoms with E-state index in [4.69, 9.17) is 13.8 Å². The molecule has 3 aromatic heterocycles. The van der Waals surface area contributed by atoms with Crippen LogP contribution in [0.1, 0.15) is 0 Å². The van der Waals surface area contributed by atoms with Gasteiger partial charge in [0.2, 0.25) is 0 Å². The quantitative estimate of drug-likeness (QED) is 0.172. The SMILES string of the molecule is c1ccc(-c2nc3c(ccc4oc5cc(N(c6ccc(-c7cccc8c7oc7ccccc78)cc6)c6ccccc6-c6ccccc6)ccc5c43)s2)cc1. The topological polar surface area (TPSA) is 42.4 Å². The van der Waals surface area contributed by atoms with Crippen LogP contribution >= 0.6 is 11.3 Å². The Morgan fingerprint density at radius 3 is 1.98 bits per heavy atom. The molecular formula is C49H30N2O2S. The number of nitrogens with zero attached hydrogens (tertiary/aromatic N) is 2. The lowest BCUT2D eigenvalue weighted by molar-refractivity contribution is 0.669. The van der Waals surface area contributed by atoms with Crippen molar-refractivity contribution in [3.8, 4) is 32.8 Å². The average molecular weight is 711 g/mol. The number of anilines is 3. The molecule has 0 bridgehead atoms. The second-order valence-electron chi connectivity index (χ2n) is 13.5. The lowest BCUT2D eigenvalue weighted by Crippen LogP contribution is -2.11. The van der Waals surface area contributed by atoms with E-state index in [1.165, 1.54) is 0 Å². The molecular weight excluding hydrogens is 681 g/mol. The fourth-order valence-electron chi connectivity index (χ4n) is 7.81. The van der Waals surface area contributed by atoms with Crippen molar-refractivity contribution in [3.63, 3.8) is 0 Å². The summed E-state index contributed by atoms with van der Waals surface area (Å²) in [7, 11) is 0. The first-order valence-electron chi connectivity index (χ1n) is 18.0. The first-order chi connectivity index (χ1) is 26.8. The highest BCUT2D eigenvalue weighted by molar-refractivity contribution is 7.21. The van der Waals surface area contributed by atoms with E-state index in [0.717, 1.165) is 104 Å². The Bertz CT molecular complexity index is 3160. The summed E-state index contributed by atoms with van der Waals surface area (Å²) < 4.78 is 14.2. The number of hydrogen-bond donors (Lipinski definition) is 0. The fourth-order valence-corrected chi connectivity index (χ4v) is 8.79. The molecule has 11 aromatic rings. The lowest BCUT2D eigenvalue weighted by atomic mass is 10.00. The van der Waals surface area contributed by atoms with Crippen molar-refractivity contribution in [3.05, 3.63) is 182 Å². The van der Waals surface area contributed by atoms with Gasteiger partial charge in [0.05, 0.1) is 21.3 Å². The van der Waals surface area contributed by atoms with Crippen molar-refractivity contribution in [1.82, 2.24) is 4.98 Å². The molecule has 0 N–H and O–H groups in total. The third kappa shape index (κ3) is 4.94. The molecule has 0 aliphatic heterocycles. The maximum absolute atomic E-state index is 6.62. The summed E-state index contributed by atoms with van der Waals surface area (Å²) in [6.07, 6.45) is 0. The molecule has 0 saturated carbocycles. The second kappa shape index (κ2) is 12.3. The van der Waals surface area contributed by atoms with E-state index in [0.29, 0.717) is 0 Å². The summed E-state index contributed by atoms with van der Waals surface area (Å²) in [5.41, 5.74) is 13.1. The third-order valence-corrected chi connectivity index (χ3v) is 11.4. The largest absolute Gasteiger partial charge is 0.456 e. The minimum atomic E-state index is 0.819. The number of aromatic nitrogens is 1. The van der Waals surface area contributed by atoms with Crippen molar-refractivity contribution in [2.24, 2.45) is 0 Å². The van der Waals surface area contributed by atoms with Crippen LogP contribution in [-0.2, 0) is 0 Å². The van der Waals surface area contributed by atoms with Gasteiger partial charge in [-0.25, -0.2) is 4.98 Å². The molecule has 0 saturated heterocycles. The molecule has 0 radical (unpaired) electrons. The number of furan rings is 2. The van der Waals surface area contributed by atoms with Crippen LogP contribution in [0.4, 0.5) is 17.1 Å². The molecule has 11 rings (SSSR count). The Morgan fingerprint density at radius 2 is 1.13 bits per heavy atom. The molecule has 0 atom stereocenters. The van der Waals surface area contributed by atoms with Gasteiger partial charge in [-0.2, -0.15) is 0 Å². The number of thiazole rings is 1. The van der Waals surface area contributed by atoms with Crippen LogP contribution in [0.2, 0.25) is 0 Å². The first kappa shape index (κ1) is 30.7. The van der Waals surface area contributed by atoms with Gasteiger partial charge in [0.15, 0.2) is 0 Å². The fraction of sp³-hybridized carbons (Fsp3) is 0. The highest BCUT2D eigenvalue weighted by Crippen LogP contribution is 2.45. The summed E-state index contributed by atoms with van der Waals surface area (Å²) >= 11 is 1.71.